The standard InChI is InChI=1S/C31H58N6O3/c32-13-1-4-16-35-26(38)7-10-29-19-25-20-30(22-29,11-8-27(39)36-17-5-2-14-33)24-31(21-25,23-29)12-9-28(40)37-18-6-3-15-34/h25H,1-24,32-34H2,(H,35,38)(H,36,39)(H,37,40). The molecule has 0 unspecified atom stereocenters. The minimum atomic E-state index is 0.142. The van der Waals surface area contributed by atoms with Crippen molar-refractivity contribution >= 4 is 17.7 Å². The van der Waals surface area contributed by atoms with Crippen LogP contribution in [0.4, 0.5) is 0 Å². The van der Waals surface area contributed by atoms with Crippen molar-refractivity contribution in [2.45, 2.75) is 116 Å². The number of nitrogens with two attached hydrogens (primary N) is 3. The zero-order chi connectivity index (χ0) is 28.9. The monoisotopic (exact) mass is 562 g/mol. The van der Waals surface area contributed by atoms with Crippen molar-refractivity contribution in [2.75, 3.05) is 39.3 Å². The number of hydrogen-bond donors (Lipinski definition) is 6. The van der Waals surface area contributed by atoms with Gasteiger partial charge < -0.3 is 33.2 Å². The molecule has 0 radical (unpaired) electrons. The van der Waals surface area contributed by atoms with E-state index in [4.69, 9.17) is 17.2 Å². The van der Waals surface area contributed by atoms with Gasteiger partial charge in [-0.3, -0.25) is 14.4 Å². The van der Waals surface area contributed by atoms with Gasteiger partial charge in [0.15, 0.2) is 0 Å². The highest BCUT2D eigenvalue weighted by Gasteiger charge is 2.62. The molecule has 4 aliphatic carbocycles. The summed E-state index contributed by atoms with van der Waals surface area (Å²) in [5, 5.41) is 9.27. The van der Waals surface area contributed by atoms with Crippen LogP contribution in [-0.4, -0.2) is 57.0 Å². The molecule has 0 spiro atoms. The van der Waals surface area contributed by atoms with Gasteiger partial charge in [-0.15, -0.1) is 0 Å². The van der Waals surface area contributed by atoms with Crippen LogP contribution < -0.4 is 33.2 Å². The van der Waals surface area contributed by atoms with E-state index in [1.54, 1.807) is 0 Å². The molecule has 0 atom stereocenters. The predicted octanol–water partition coefficient (Wildman–Crippen LogP) is 2.85. The van der Waals surface area contributed by atoms with E-state index < -0.39 is 0 Å². The van der Waals surface area contributed by atoms with E-state index in [-0.39, 0.29) is 34.0 Å². The summed E-state index contributed by atoms with van der Waals surface area (Å²) in [6.07, 6.45) is 16.9. The number of amides is 3. The Balaban J connectivity index is 1.63. The van der Waals surface area contributed by atoms with E-state index in [0.29, 0.717) is 64.4 Å². The van der Waals surface area contributed by atoms with Crippen LogP contribution >= 0.6 is 0 Å². The second-order valence-electron chi connectivity index (χ2n) is 13.5. The van der Waals surface area contributed by atoms with Gasteiger partial charge in [-0.1, -0.05) is 0 Å². The fraction of sp³-hybridized carbons (Fsp3) is 0.903. The van der Waals surface area contributed by atoms with Crippen molar-refractivity contribution in [3.8, 4) is 0 Å². The topological polar surface area (TPSA) is 165 Å². The number of nitrogens with one attached hydrogen (secondary N) is 3. The molecule has 40 heavy (non-hydrogen) atoms. The molecule has 9 nitrogen and oxygen atoms in total. The van der Waals surface area contributed by atoms with E-state index in [2.05, 4.69) is 16.0 Å². The average molecular weight is 563 g/mol. The SMILES string of the molecule is NCCCCNC(=O)CCC12CC3CC(CCC(=O)NCCCCN)(C1)CC(CCC(=O)NCCCCN)(C3)C2. The van der Waals surface area contributed by atoms with Crippen molar-refractivity contribution in [1.82, 2.24) is 16.0 Å². The van der Waals surface area contributed by atoms with Gasteiger partial charge in [0.05, 0.1) is 0 Å². The highest BCUT2D eigenvalue weighted by Crippen LogP contribution is 2.73. The molecule has 4 fully saturated rings. The zero-order valence-corrected chi connectivity index (χ0v) is 25.0. The Bertz CT molecular complexity index is 708. The summed E-state index contributed by atoms with van der Waals surface area (Å²) in [5.41, 5.74) is 17.2. The second-order valence-corrected chi connectivity index (χ2v) is 13.5. The minimum Gasteiger partial charge on any atom is -0.356 e. The van der Waals surface area contributed by atoms with Crippen LogP contribution in [0, 0.1) is 22.2 Å². The van der Waals surface area contributed by atoms with E-state index >= 15 is 0 Å². The smallest absolute Gasteiger partial charge is 0.220 e. The highest BCUT2D eigenvalue weighted by atomic mass is 16.2. The van der Waals surface area contributed by atoms with Gasteiger partial charge in [-0.25, -0.2) is 0 Å². The lowest BCUT2D eigenvalue weighted by molar-refractivity contribution is -0.171. The third-order valence-electron chi connectivity index (χ3n) is 9.92. The number of rotatable bonds is 21. The van der Waals surface area contributed by atoms with E-state index in [1.165, 1.54) is 19.3 Å². The minimum absolute atomic E-state index is 0.142. The maximum atomic E-state index is 12.7. The number of carbonyl (C=O) groups excluding carboxylic acids is 3. The summed E-state index contributed by atoms with van der Waals surface area (Å²) in [5.74, 6) is 1.06. The van der Waals surface area contributed by atoms with Crippen molar-refractivity contribution in [2.24, 2.45) is 39.4 Å². The third-order valence-corrected chi connectivity index (χ3v) is 9.92. The molecule has 0 aromatic heterocycles. The van der Waals surface area contributed by atoms with Crippen LogP contribution in [0.2, 0.25) is 0 Å². The van der Waals surface area contributed by atoms with Crippen LogP contribution in [0.25, 0.3) is 0 Å². The molecule has 230 valence electrons. The summed E-state index contributed by atoms with van der Waals surface area (Å²) >= 11 is 0. The van der Waals surface area contributed by atoms with Crippen LogP contribution in [0.5, 0.6) is 0 Å². The maximum Gasteiger partial charge on any atom is 0.220 e. The lowest BCUT2D eigenvalue weighted by Gasteiger charge is -2.67. The maximum absolute atomic E-state index is 12.7. The molecule has 0 aromatic rings. The first kappa shape index (κ1) is 32.8. The third kappa shape index (κ3) is 9.98. The largest absolute Gasteiger partial charge is 0.356 e. The van der Waals surface area contributed by atoms with Crippen LogP contribution in [-0.2, 0) is 14.4 Å². The van der Waals surface area contributed by atoms with Gasteiger partial charge >= 0.3 is 0 Å². The molecule has 0 saturated heterocycles. The number of hydrogen-bond acceptors (Lipinski definition) is 6. The van der Waals surface area contributed by atoms with Crippen molar-refractivity contribution < 1.29 is 14.4 Å². The molecule has 4 aliphatic rings. The van der Waals surface area contributed by atoms with E-state index in [0.717, 1.165) is 77.0 Å². The van der Waals surface area contributed by atoms with Gasteiger partial charge in [0, 0.05) is 38.9 Å². The molecule has 4 rings (SSSR count). The molecular weight excluding hydrogens is 504 g/mol. The van der Waals surface area contributed by atoms with Gasteiger partial charge in [0.2, 0.25) is 17.7 Å². The van der Waals surface area contributed by atoms with E-state index in [9.17, 15) is 14.4 Å². The Morgan fingerprint density at radius 3 is 1.10 bits per heavy atom. The van der Waals surface area contributed by atoms with Crippen molar-refractivity contribution in [3.05, 3.63) is 0 Å². The van der Waals surface area contributed by atoms with Gasteiger partial charge in [0.25, 0.3) is 0 Å². The summed E-state index contributed by atoms with van der Waals surface area (Å²) < 4.78 is 0. The normalized spacial score (nSPS) is 28.4. The molecule has 4 bridgehead atoms. The van der Waals surface area contributed by atoms with Gasteiger partial charge in [-0.2, -0.15) is 0 Å². The Labute approximate surface area is 242 Å². The number of carbonyl (C=O) groups is 3. The quantitative estimate of drug-likeness (QED) is 0.118. The summed E-state index contributed by atoms with van der Waals surface area (Å²) in [4.78, 5) is 38.2. The zero-order valence-electron chi connectivity index (χ0n) is 25.0. The lowest BCUT2D eigenvalue weighted by atomic mass is 9.37. The molecule has 9 N–H and O–H groups in total. The molecule has 4 saturated carbocycles. The fourth-order valence-corrected chi connectivity index (χ4v) is 8.79. The second kappa shape index (κ2) is 16.1. The van der Waals surface area contributed by atoms with Crippen LogP contribution in [0.15, 0.2) is 0 Å². The van der Waals surface area contributed by atoms with E-state index in [1.807, 2.05) is 0 Å². The van der Waals surface area contributed by atoms with Crippen LogP contribution in [0.3, 0.4) is 0 Å². The summed E-state index contributed by atoms with van der Waals surface area (Å²) in [6, 6.07) is 0. The Morgan fingerprint density at radius 2 is 0.825 bits per heavy atom. The van der Waals surface area contributed by atoms with Crippen molar-refractivity contribution in [1.29, 1.82) is 0 Å². The Morgan fingerprint density at radius 1 is 0.525 bits per heavy atom. The Hall–Kier alpha value is -1.71. The first-order valence-electron chi connectivity index (χ1n) is 16.2. The molecule has 0 aromatic carbocycles. The molecular formula is C31H58N6O3. The van der Waals surface area contributed by atoms with Gasteiger partial charge in [0.1, 0.15) is 0 Å². The first-order valence-corrected chi connectivity index (χ1v) is 16.2. The summed E-state index contributed by atoms with van der Waals surface area (Å²) in [7, 11) is 0. The van der Waals surface area contributed by atoms with Crippen molar-refractivity contribution in [3.63, 3.8) is 0 Å². The lowest BCUT2D eigenvalue weighted by Crippen LogP contribution is -2.57. The molecule has 3 amide bonds. The summed E-state index contributed by atoms with van der Waals surface area (Å²) in [6.45, 7) is 4.05. The first-order chi connectivity index (χ1) is 19.3. The Kier molecular flexibility index (Phi) is 13.2. The fourth-order valence-electron chi connectivity index (χ4n) is 8.79. The average Bonchev–Trinajstić information content (AvgIpc) is 2.92. The number of unbranched alkanes of at least 4 members (excludes halogenated alkanes) is 3. The van der Waals surface area contributed by atoms with Gasteiger partial charge in [-0.05, 0) is 138 Å². The molecule has 0 aliphatic heterocycles. The predicted molar refractivity (Wildman–Crippen MR) is 160 cm³/mol. The highest BCUT2D eigenvalue weighted by molar-refractivity contribution is 5.76. The molecule has 0 heterocycles. The molecule has 9 heteroatoms. The van der Waals surface area contributed by atoms with Crippen LogP contribution in [0.1, 0.15) is 116 Å².